The van der Waals surface area contributed by atoms with Gasteiger partial charge in [-0.15, -0.1) is 0 Å². The van der Waals surface area contributed by atoms with Gasteiger partial charge in [-0.25, -0.2) is 4.98 Å². The SMILES string of the molecule is COc1ccccc1CN1CCc2nc(-c3ccc(N)cc3)n(C)c2C1. The zero-order valence-electron chi connectivity index (χ0n) is 15.3. The molecule has 0 radical (unpaired) electrons. The van der Waals surface area contributed by atoms with E-state index in [1.165, 1.54) is 17.0 Å². The van der Waals surface area contributed by atoms with Crippen molar-refractivity contribution < 1.29 is 4.74 Å². The van der Waals surface area contributed by atoms with Gasteiger partial charge in [-0.1, -0.05) is 18.2 Å². The summed E-state index contributed by atoms with van der Waals surface area (Å²) < 4.78 is 7.71. The van der Waals surface area contributed by atoms with E-state index in [4.69, 9.17) is 15.5 Å². The first-order chi connectivity index (χ1) is 12.7. The van der Waals surface area contributed by atoms with Crippen LogP contribution >= 0.6 is 0 Å². The van der Waals surface area contributed by atoms with E-state index in [0.717, 1.165) is 48.9 Å². The standard InChI is InChI=1S/C21H24N4O/c1-24-19-14-25(13-16-5-3-4-6-20(16)26-2)12-11-18(19)23-21(24)15-7-9-17(22)10-8-15/h3-10H,11-14,22H2,1-2H3. The maximum Gasteiger partial charge on any atom is 0.140 e. The molecule has 5 heteroatoms. The number of para-hydroxylation sites is 1. The number of nitrogen functional groups attached to an aromatic ring is 1. The van der Waals surface area contributed by atoms with E-state index in [-0.39, 0.29) is 0 Å². The largest absolute Gasteiger partial charge is 0.496 e. The Balaban J connectivity index is 1.58. The number of hydrogen-bond acceptors (Lipinski definition) is 4. The number of ether oxygens (including phenoxy) is 1. The van der Waals surface area contributed by atoms with Crippen molar-refractivity contribution in [3.63, 3.8) is 0 Å². The fraction of sp³-hybridized carbons (Fsp3) is 0.286. The Morgan fingerprint density at radius 2 is 1.88 bits per heavy atom. The molecule has 0 spiro atoms. The minimum Gasteiger partial charge on any atom is -0.496 e. The Hall–Kier alpha value is -2.79. The third-order valence-electron chi connectivity index (χ3n) is 5.09. The molecule has 1 aromatic heterocycles. The molecule has 2 N–H and O–H groups in total. The second-order valence-corrected chi connectivity index (χ2v) is 6.78. The number of fused-ring (bicyclic) bond motifs is 1. The number of anilines is 1. The molecule has 2 aromatic carbocycles. The van der Waals surface area contributed by atoms with Crippen LogP contribution in [0.4, 0.5) is 5.69 Å². The van der Waals surface area contributed by atoms with Crippen LogP contribution in [0.3, 0.4) is 0 Å². The van der Waals surface area contributed by atoms with E-state index in [9.17, 15) is 0 Å². The minimum absolute atomic E-state index is 0.774. The van der Waals surface area contributed by atoms with Crippen molar-refractivity contribution in [1.82, 2.24) is 14.5 Å². The molecule has 0 saturated heterocycles. The van der Waals surface area contributed by atoms with Gasteiger partial charge in [-0.2, -0.15) is 0 Å². The number of methoxy groups -OCH3 is 1. The quantitative estimate of drug-likeness (QED) is 0.736. The highest BCUT2D eigenvalue weighted by Gasteiger charge is 2.23. The molecule has 2 heterocycles. The predicted molar refractivity (Wildman–Crippen MR) is 104 cm³/mol. The summed E-state index contributed by atoms with van der Waals surface area (Å²) in [5, 5.41) is 0. The molecular formula is C21H24N4O. The van der Waals surface area contributed by atoms with Crippen molar-refractivity contribution in [1.29, 1.82) is 0 Å². The zero-order valence-corrected chi connectivity index (χ0v) is 15.3. The van der Waals surface area contributed by atoms with Crippen molar-refractivity contribution in [3.8, 4) is 17.1 Å². The van der Waals surface area contributed by atoms with Crippen LogP contribution in [-0.4, -0.2) is 28.1 Å². The lowest BCUT2D eigenvalue weighted by atomic mass is 10.1. The van der Waals surface area contributed by atoms with Gasteiger partial charge in [0.25, 0.3) is 0 Å². The molecule has 5 nitrogen and oxygen atoms in total. The summed E-state index contributed by atoms with van der Waals surface area (Å²) in [6, 6.07) is 16.2. The summed E-state index contributed by atoms with van der Waals surface area (Å²) in [6.45, 7) is 2.78. The molecule has 0 fully saturated rings. The molecule has 0 atom stereocenters. The molecule has 1 aliphatic rings. The van der Waals surface area contributed by atoms with Gasteiger partial charge in [0, 0.05) is 49.9 Å². The highest BCUT2D eigenvalue weighted by molar-refractivity contribution is 5.60. The minimum atomic E-state index is 0.774. The molecule has 4 rings (SSSR count). The van der Waals surface area contributed by atoms with E-state index in [2.05, 4.69) is 28.6 Å². The van der Waals surface area contributed by atoms with Crippen molar-refractivity contribution in [3.05, 3.63) is 65.5 Å². The van der Waals surface area contributed by atoms with Crippen LogP contribution in [0.2, 0.25) is 0 Å². The van der Waals surface area contributed by atoms with Crippen LogP contribution in [-0.2, 0) is 26.6 Å². The molecule has 134 valence electrons. The van der Waals surface area contributed by atoms with Crippen molar-refractivity contribution in [2.24, 2.45) is 7.05 Å². The maximum atomic E-state index is 5.81. The second-order valence-electron chi connectivity index (χ2n) is 6.78. The van der Waals surface area contributed by atoms with Gasteiger partial charge >= 0.3 is 0 Å². The first-order valence-electron chi connectivity index (χ1n) is 8.90. The van der Waals surface area contributed by atoms with Crippen molar-refractivity contribution in [2.45, 2.75) is 19.5 Å². The van der Waals surface area contributed by atoms with Gasteiger partial charge in [0.1, 0.15) is 11.6 Å². The summed E-state index contributed by atoms with van der Waals surface area (Å²) >= 11 is 0. The molecule has 0 amide bonds. The second kappa shape index (κ2) is 6.84. The molecule has 0 aliphatic carbocycles. The lowest BCUT2D eigenvalue weighted by molar-refractivity contribution is 0.235. The molecule has 3 aromatic rings. The molecule has 26 heavy (non-hydrogen) atoms. The Bertz CT molecular complexity index is 914. The third-order valence-corrected chi connectivity index (χ3v) is 5.09. The summed E-state index contributed by atoms with van der Waals surface area (Å²) in [6.07, 6.45) is 0.966. The molecule has 0 saturated carbocycles. The summed E-state index contributed by atoms with van der Waals surface area (Å²) in [5.74, 6) is 1.96. The molecule has 0 bridgehead atoms. The van der Waals surface area contributed by atoms with Crippen LogP contribution in [0, 0.1) is 0 Å². The van der Waals surface area contributed by atoms with Crippen molar-refractivity contribution in [2.75, 3.05) is 19.4 Å². The normalized spacial score (nSPS) is 14.2. The van der Waals surface area contributed by atoms with E-state index >= 15 is 0 Å². The van der Waals surface area contributed by atoms with Crippen LogP contribution < -0.4 is 10.5 Å². The smallest absolute Gasteiger partial charge is 0.140 e. The van der Waals surface area contributed by atoms with Crippen molar-refractivity contribution >= 4 is 5.69 Å². The Morgan fingerprint density at radius 1 is 1.12 bits per heavy atom. The van der Waals surface area contributed by atoms with Gasteiger partial charge in [-0.3, -0.25) is 4.90 Å². The summed E-state index contributed by atoms with van der Waals surface area (Å²) in [5.41, 5.74) is 11.4. The topological polar surface area (TPSA) is 56.3 Å². The number of nitrogens with zero attached hydrogens (tertiary/aromatic N) is 3. The number of nitrogens with two attached hydrogens (primary N) is 1. The van der Waals surface area contributed by atoms with Crippen LogP contribution in [0.5, 0.6) is 5.75 Å². The number of benzene rings is 2. The lowest BCUT2D eigenvalue weighted by Crippen LogP contribution is -2.31. The monoisotopic (exact) mass is 348 g/mol. The highest BCUT2D eigenvalue weighted by Crippen LogP contribution is 2.28. The van der Waals surface area contributed by atoms with Gasteiger partial charge < -0.3 is 15.0 Å². The maximum absolute atomic E-state index is 5.81. The first-order valence-corrected chi connectivity index (χ1v) is 8.90. The molecule has 1 aliphatic heterocycles. The number of hydrogen-bond donors (Lipinski definition) is 1. The van der Waals surface area contributed by atoms with Crippen LogP contribution in [0.25, 0.3) is 11.4 Å². The van der Waals surface area contributed by atoms with Crippen LogP contribution in [0.15, 0.2) is 48.5 Å². The van der Waals surface area contributed by atoms with Crippen LogP contribution in [0.1, 0.15) is 17.0 Å². The third kappa shape index (κ3) is 3.06. The number of rotatable bonds is 4. The number of aromatic nitrogens is 2. The summed E-state index contributed by atoms with van der Waals surface area (Å²) in [4.78, 5) is 7.35. The van der Waals surface area contributed by atoms with Gasteiger partial charge in [0.15, 0.2) is 0 Å². The van der Waals surface area contributed by atoms with E-state index in [1.54, 1.807) is 7.11 Å². The van der Waals surface area contributed by atoms with E-state index in [0.29, 0.717) is 0 Å². The predicted octanol–water partition coefficient (Wildman–Crippen LogP) is 3.24. The highest BCUT2D eigenvalue weighted by atomic mass is 16.5. The van der Waals surface area contributed by atoms with E-state index < -0.39 is 0 Å². The van der Waals surface area contributed by atoms with Gasteiger partial charge in [-0.05, 0) is 30.3 Å². The average Bonchev–Trinajstić information content (AvgIpc) is 2.99. The van der Waals surface area contributed by atoms with Gasteiger partial charge in [0.2, 0.25) is 0 Å². The average molecular weight is 348 g/mol. The summed E-state index contributed by atoms with van der Waals surface area (Å²) in [7, 11) is 3.83. The zero-order chi connectivity index (χ0) is 18.1. The molecule has 0 unspecified atom stereocenters. The number of imidazole rings is 1. The Kier molecular flexibility index (Phi) is 4.39. The van der Waals surface area contributed by atoms with Gasteiger partial charge in [0.05, 0.1) is 18.5 Å². The lowest BCUT2D eigenvalue weighted by Gasteiger charge is -2.27. The molecular weight excluding hydrogens is 324 g/mol. The fourth-order valence-electron chi connectivity index (χ4n) is 3.64. The first kappa shape index (κ1) is 16.7. The fourth-order valence-corrected chi connectivity index (χ4v) is 3.64. The Morgan fingerprint density at radius 3 is 2.65 bits per heavy atom. The Labute approximate surface area is 154 Å². The van der Waals surface area contributed by atoms with E-state index in [1.807, 2.05) is 36.4 Å².